The molecule has 2 aromatic carbocycles. The second-order valence-corrected chi connectivity index (χ2v) is 11.0. The van der Waals surface area contributed by atoms with E-state index >= 15 is 0 Å². The maximum Gasteiger partial charge on any atom is 0.243 e. The van der Waals surface area contributed by atoms with Crippen molar-refractivity contribution in [2.45, 2.75) is 36.5 Å². The summed E-state index contributed by atoms with van der Waals surface area (Å²) in [4.78, 5) is 18.6. The Bertz CT molecular complexity index is 1210. The number of hydrogen-bond acceptors (Lipinski definition) is 4. The Hall–Kier alpha value is -2.68. The highest BCUT2D eigenvalue weighted by Gasteiger charge is 2.27. The van der Waals surface area contributed by atoms with Crippen LogP contribution in [0.5, 0.6) is 0 Å². The van der Waals surface area contributed by atoms with Crippen LogP contribution in [0.1, 0.15) is 37.3 Å². The van der Waals surface area contributed by atoms with Gasteiger partial charge in [0.05, 0.1) is 11.4 Å². The minimum Gasteiger partial charge on any atom is -0.358 e. The van der Waals surface area contributed by atoms with Crippen LogP contribution in [-0.4, -0.2) is 61.2 Å². The molecule has 2 aliphatic heterocycles. The maximum atomic E-state index is 12.8. The third-order valence-corrected chi connectivity index (χ3v) is 8.66. The molecule has 2 saturated heterocycles. The van der Waals surface area contributed by atoms with Crippen molar-refractivity contribution in [1.82, 2.24) is 14.2 Å². The van der Waals surface area contributed by atoms with E-state index in [4.69, 9.17) is 0 Å². The van der Waals surface area contributed by atoms with Crippen molar-refractivity contribution in [2.24, 2.45) is 0 Å². The largest absolute Gasteiger partial charge is 0.358 e. The van der Waals surface area contributed by atoms with Gasteiger partial charge in [-0.2, -0.15) is 4.31 Å². The number of H-pyrrole nitrogens is 1. The number of benzene rings is 2. The summed E-state index contributed by atoms with van der Waals surface area (Å²) in [7, 11) is -3.50. The molecule has 2 fully saturated rings. The molecule has 0 bridgehead atoms. The first-order chi connectivity index (χ1) is 16.0. The van der Waals surface area contributed by atoms with E-state index in [1.54, 1.807) is 24.3 Å². The highest BCUT2D eigenvalue weighted by molar-refractivity contribution is 7.89. The number of nitrogens with zero attached hydrogens (tertiary/aromatic N) is 2. The first-order valence-electron chi connectivity index (χ1n) is 11.7. The van der Waals surface area contributed by atoms with Crippen LogP contribution in [0.25, 0.3) is 10.9 Å². The summed E-state index contributed by atoms with van der Waals surface area (Å²) >= 11 is 0. The second kappa shape index (κ2) is 9.29. The molecule has 5 rings (SSSR count). The lowest BCUT2D eigenvalue weighted by Gasteiger charge is -2.31. The summed E-state index contributed by atoms with van der Waals surface area (Å²) in [6, 6.07) is 17.1. The zero-order chi connectivity index (χ0) is 22.8. The van der Waals surface area contributed by atoms with Gasteiger partial charge in [0, 0.05) is 35.9 Å². The lowest BCUT2D eigenvalue weighted by Crippen LogP contribution is -2.38. The van der Waals surface area contributed by atoms with Gasteiger partial charge in [-0.15, -0.1) is 0 Å². The van der Waals surface area contributed by atoms with Gasteiger partial charge in [0.25, 0.3) is 0 Å². The Balaban J connectivity index is 1.16. The van der Waals surface area contributed by atoms with E-state index in [1.807, 2.05) is 6.07 Å². The average Bonchev–Trinajstić information content (AvgIpc) is 3.50. The monoisotopic (exact) mass is 466 g/mol. The number of aromatic amines is 1. The molecule has 1 aromatic heterocycles. The van der Waals surface area contributed by atoms with Gasteiger partial charge in [-0.05, 0) is 74.5 Å². The van der Waals surface area contributed by atoms with Gasteiger partial charge < -0.3 is 10.3 Å². The van der Waals surface area contributed by atoms with Crippen LogP contribution in [0.3, 0.4) is 0 Å². The van der Waals surface area contributed by atoms with Gasteiger partial charge in [0.2, 0.25) is 15.9 Å². The molecule has 0 atom stereocenters. The molecule has 3 aromatic rings. The molecular weight excluding hydrogens is 436 g/mol. The van der Waals surface area contributed by atoms with E-state index in [1.165, 1.54) is 20.9 Å². The number of hydrogen-bond donors (Lipinski definition) is 2. The molecule has 0 aliphatic carbocycles. The molecule has 7 nitrogen and oxygen atoms in total. The fourth-order valence-electron chi connectivity index (χ4n) is 4.93. The van der Waals surface area contributed by atoms with Crippen molar-refractivity contribution in [2.75, 3.05) is 38.0 Å². The number of amides is 1. The van der Waals surface area contributed by atoms with Gasteiger partial charge in [-0.25, -0.2) is 8.42 Å². The Morgan fingerprint density at radius 3 is 2.48 bits per heavy atom. The summed E-state index contributed by atoms with van der Waals surface area (Å²) in [5.41, 5.74) is 2.97. The molecule has 0 saturated carbocycles. The molecule has 0 unspecified atom stereocenters. The van der Waals surface area contributed by atoms with E-state index in [9.17, 15) is 13.2 Å². The number of aromatic nitrogens is 1. The molecule has 2 N–H and O–H groups in total. The van der Waals surface area contributed by atoms with Gasteiger partial charge in [0.1, 0.15) is 0 Å². The standard InChI is InChI=1S/C25H30N4O3S/c30-25(26-21-7-5-8-22(17-21)33(31,32)29-12-3-4-13-29)18-28-14-10-19(11-15-28)24-16-20-6-1-2-9-23(20)27-24/h1-2,5-9,16-17,19,27H,3-4,10-15,18H2,(H,26,30). The van der Waals surface area contributed by atoms with Crippen LogP contribution in [0, 0.1) is 0 Å². The third kappa shape index (κ3) is 4.83. The number of fused-ring (bicyclic) bond motifs is 1. The molecule has 0 spiro atoms. The third-order valence-electron chi connectivity index (χ3n) is 6.77. The Morgan fingerprint density at radius 2 is 1.73 bits per heavy atom. The maximum absolute atomic E-state index is 12.8. The first-order valence-corrected chi connectivity index (χ1v) is 13.1. The fourth-order valence-corrected chi connectivity index (χ4v) is 6.50. The minimum atomic E-state index is -3.50. The summed E-state index contributed by atoms with van der Waals surface area (Å²) in [6.45, 7) is 3.15. The predicted octanol–water partition coefficient (Wildman–Crippen LogP) is 3.77. The number of carbonyl (C=O) groups is 1. The van der Waals surface area contributed by atoms with Crippen molar-refractivity contribution in [1.29, 1.82) is 0 Å². The van der Waals surface area contributed by atoms with E-state index in [0.717, 1.165) is 38.8 Å². The van der Waals surface area contributed by atoms with E-state index < -0.39 is 10.0 Å². The number of nitrogens with one attached hydrogen (secondary N) is 2. The summed E-state index contributed by atoms with van der Waals surface area (Å²) < 4.78 is 27.1. The summed E-state index contributed by atoms with van der Waals surface area (Å²) in [6.07, 6.45) is 3.80. The Kier molecular flexibility index (Phi) is 6.23. The van der Waals surface area contributed by atoms with Crippen LogP contribution >= 0.6 is 0 Å². The van der Waals surface area contributed by atoms with Crippen molar-refractivity contribution >= 4 is 32.5 Å². The molecule has 0 radical (unpaired) electrons. The highest BCUT2D eigenvalue weighted by Crippen LogP contribution is 2.30. The van der Waals surface area contributed by atoms with E-state index in [2.05, 4.69) is 39.5 Å². The summed E-state index contributed by atoms with van der Waals surface area (Å²) in [5.74, 6) is 0.360. The van der Waals surface area contributed by atoms with Crippen LogP contribution in [0.15, 0.2) is 59.5 Å². The predicted molar refractivity (Wildman–Crippen MR) is 130 cm³/mol. The van der Waals surface area contributed by atoms with Gasteiger partial charge in [-0.1, -0.05) is 24.3 Å². The van der Waals surface area contributed by atoms with Crippen molar-refractivity contribution in [3.8, 4) is 0 Å². The van der Waals surface area contributed by atoms with Crippen LogP contribution in [-0.2, 0) is 14.8 Å². The Morgan fingerprint density at radius 1 is 0.970 bits per heavy atom. The van der Waals surface area contributed by atoms with Crippen LogP contribution < -0.4 is 5.32 Å². The van der Waals surface area contributed by atoms with Crippen LogP contribution in [0.4, 0.5) is 5.69 Å². The molecular formula is C25H30N4O3S. The fraction of sp³-hybridized carbons (Fsp3) is 0.400. The molecule has 174 valence electrons. The number of likely N-dealkylation sites (tertiary alicyclic amines) is 1. The number of anilines is 1. The number of para-hydroxylation sites is 1. The first kappa shape index (κ1) is 22.1. The summed E-state index contributed by atoms with van der Waals surface area (Å²) in [5, 5.41) is 4.12. The second-order valence-electron chi connectivity index (χ2n) is 9.05. The van der Waals surface area contributed by atoms with E-state index in [0.29, 0.717) is 31.2 Å². The highest BCUT2D eigenvalue weighted by atomic mass is 32.2. The van der Waals surface area contributed by atoms with Crippen LogP contribution in [0.2, 0.25) is 0 Å². The van der Waals surface area contributed by atoms with Gasteiger partial charge in [-0.3, -0.25) is 9.69 Å². The number of rotatable bonds is 6. The van der Waals surface area contributed by atoms with Crippen molar-refractivity contribution < 1.29 is 13.2 Å². The Labute approximate surface area is 194 Å². The zero-order valence-corrected chi connectivity index (χ0v) is 19.5. The number of carbonyl (C=O) groups excluding carboxylic acids is 1. The molecule has 33 heavy (non-hydrogen) atoms. The number of sulfonamides is 1. The van der Waals surface area contributed by atoms with Gasteiger partial charge in [0.15, 0.2) is 0 Å². The average molecular weight is 467 g/mol. The van der Waals surface area contributed by atoms with Crippen molar-refractivity contribution in [3.05, 3.63) is 60.3 Å². The topological polar surface area (TPSA) is 85.5 Å². The molecule has 8 heteroatoms. The lowest BCUT2D eigenvalue weighted by atomic mass is 9.93. The lowest BCUT2D eigenvalue weighted by molar-refractivity contribution is -0.117. The quantitative estimate of drug-likeness (QED) is 0.579. The zero-order valence-electron chi connectivity index (χ0n) is 18.7. The smallest absolute Gasteiger partial charge is 0.243 e. The SMILES string of the molecule is O=C(CN1CCC(c2cc3ccccc3[nH]2)CC1)Nc1cccc(S(=O)(=O)N2CCCC2)c1. The normalized spacial score (nSPS) is 18.7. The van der Waals surface area contributed by atoms with Crippen molar-refractivity contribution in [3.63, 3.8) is 0 Å². The number of piperidine rings is 1. The van der Waals surface area contributed by atoms with E-state index in [-0.39, 0.29) is 10.8 Å². The minimum absolute atomic E-state index is 0.116. The molecule has 3 heterocycles. The van der Waals surface area contributed by atoms with Gasteiger partial charge >= 0.3 is 0 Å². The molecule has 1 amide bonds. The molecule has 2 aliphatic rings.